The van der Waals surface area contributed by atoms with Crippen molar-refractivity contribution in [3.8, 4) is 113 Å². The molecule has 0 unspecified atom stereocenters. The van der Waals surface area contributed by atoms with Crippen molar-refractivity contribution in [2.24, 2.45) is 0 Å². The summed E-state index contributed by atoms with van der Waals surface area (Å²) in [5.41, 5.74) is 33.4. The lowest BCUT2D eigenvalue weighted by molar-refractivity contribution is 0.669. The lowest BCUT2D eigenvalue weighted by Crippen LogP contribution is -2.32. The molecule has 130 heavy (non-hydrogen) atoms. The number of furan rings is 2. The minimum Gasteiger partial charge on any atom is -0.456 e. The molecular weight excluding hydrogens is 1620 g/mol. The lowest BCUT2D eigenvalue weighted by atomic mass is 9.67. The van der Waals surface area contributed by atoms with Crippen LogP contribution in [0.1, 0.15) is 44.5 Å². The Morgan fingerprint density at radius 3 is 1.05 bits per heavy atom. The van der Waals surface area contributed by atoms with E-state index in [-0.39, 0.29) is 0 Å². The molecule has 2 aliphatic heterocycles. The van der Waals surface area contributed by atoms with Gasteiger partial charge in [-0.3, -0.25) is 0 Å². The van der Waals surface area contributed by atoms with Gasteiger partial charge >= 0.3 is 0 Å². The molecule has 4 aliphatic rings. The van der Waals surface area contributed by atoms with Crippen molar-refractivity contribution in [2.45, 2.75) is 30.4 Å². The summed E-state index contributed by atoms with van der Waals surface area (Å²) in [6, 6.07) is 152. The number of pyridine rings is 2. The number of rotatable bonds is 8. The third kappa shape index (κ3) is 11.1. The fourth-order valence-electron chi connectivity index (χ4n) is 21.6. The molecule has 0 saturated heterocycles. The molecule has 604 valence electrons. The number of hydrogen-bond donors (Lipinski definition) is 0. The zero-order chi connectivity index (χ0) is 85.3. The van der Waals surface area contributed by atoms with Crippen molar-refractivity contribution in [3.05, 3.63) is 469 Å². The van der Waals surface area contributed by atoms with E-state index in [0.717, 1.165) is 155 Å². The Morgan fingerprint density at radius 1 is 0.200 bits per heavy atom. The van der Waals surface area contributed by atoms with Crippen LogP contribution in [0, 0.1) is 0 Å². The van der Waals surface area contributed by atoms with E-state index in [9.17, 15) is 0 Å². The first-order chi connectivity index (χ1) is 64.4. The summed E-state index contributed by atoms with van der Waals surface area (Å²) in [4.78, 5) is 36.8. The Labute approximate surface area is 756 Å². The van der Waals surface area contributed by atoms with Crippen LogP contribution in [-0.2, 0) is 10.8 Å². The zero-order valence-corrected chi connectivity index (χ0v) is 71.4. The first kappa shape index (κ1) is 74.1. The van der Waals surface area contributed by atoms with Gasteiger partial charge in [-0.1, -0.05) is 388 Å². The molecule has 0 saturated carbocycles. The number of hydrogen-bond acceptors (Lipinski definition) is 10. The zero-order valence-electron chi connectivity index (χ0n) is 69.7. The van der Waals surface area contributed by atoms with Crippen molar-refractivity contribution < 1.29 is 8.83 Å². The van der Waals surface area contributed by atoms with Crippen LogP contribution in [0.15, 0.2) is 453 Å². The van der Waals surface area contributed by atoms with Gasteiger partial charge in [0.1, 0.15) is 22.3 Å². The molecule has 0 radical (unpaired) electrons. The number of aromatic nitrogens is 6. The Morgan fingerprint density at radius 2 is 0.554 bits per heavy atom. The van der Waals surface area contributed by atoms with E-state index in [1.807, 2.05) is 96.3 Å². The average molecular weight is 1690 g/mol. The summed E-state index contributed by atoms with van der Waals surface area (Å²) in [6.45, 7) is 0. The molecule has 0 atom stereocenters. The number of nitrogens with zero attached hydrogens (tertiary/aromatic N) is 6. The standard InChI is InChI=1S/2C60H35N3OS/c1-2-15-38(16-3-1)59-62-51(35-52(63-59)44-22-14-21-42-41-19-7-12-27-53(41)64-57(42)44)36-29-31-37(32-30-36)56-45-33-34-49-58(55(45)43-20-6-11-26-50(43)61-56)65-54-28-13-10-25-48(54)60(49)46-23-8-4-17-39(46)40-18-5-9-24-47(40)60;1-2-15-38(16-3-1)59-62-50(35-51(63-59)42-21-14-27-53-55(42)43-20-7-12-26-52(43)64-53)36-29-31-37(32-30-36)57-44-33-34-48-58(56(44)41-19-6-11-25-49(41)61-57)65-54-28-13-10-24-47(54)60(48)45-22-8-4-17-39(45)40-18-5-9-23-46(40)60/h2*1-35H. The van der Waals surface area contributed by atoms with Crippen molar-refractivity contribution in [3.63, 3.8) is 0 Å². The van der Waals surface area contributed by atoms with E-state index >= 15 is 0 Å². The summed E-state index contributed by atoms with van der Waals surface area (Å²) in [7, 11) is 0. The fourth-order valence-corrected chi connectivity index (χ4v) is 24.3. The Hall–Kier alpha value is -16.2. The van der Waals surface area contributed by atoms with Crippen molar-refractivity contribution in [1.82, 2.24) is 29.9 Å². The summed E-state index contributed by atoms with van der Waals surface area (Å²) in [5, 5.41) is 11.3. The van der Waals surface area contributed by atoms with E-state index in [1.165, 1.54) is 97.1 Å². The highest BCUT2D eigenvalue weighted by Gasteiger charge is 2.53. The van der Waals surface area contributed by atoms with Crippen LogP contribution in [0.3, 0.4) is 0 Å². The molecule has 0 fully saturated rings. The summed E-state index contributed by atoms with van der Waals surface area (Å²) >= 11 is 3.79. The molecule has 6 aromatic heterocycles. The second-order valence-electron chi connectivity index (χ2n) is 33.9. The quantitative estimate of drug-likeness (QED) is 0.137. The van der Waals surface area contributed by atoms with Gasteiger partial charge in [0.15, 0.2) is 11.6 Å². The molecule has 2 aliphatic carbocycles. The third-order valence-electron chi connectivity index (χ3n) is 27.1. The van der Waals surface area contributed by atoms with Crippen molar-refractivity contribution >= 4 is 111 Å². The molecule has 18 aromatic carbocycles. The maximum atomic E-state index is 6.50. The van der Waals surface area contributed by atoms with Crippen LogP contribution in [-0.4, -0.2) is 29.9 Å². The van der Waals surface area contributed by atoms with E-state index in [2.05, 4.69) is 352 Å². The van der Waals surface area contributed by atoms with Gasteiger partial charge in [-0.15, -0.1) is 0 Å². The van der Waals surface area contributed by atoms with Gasteiger partial charge in [-0.25, -0.2) is 29.9 Å². The van der Waals surface area contributed by atoms with Crippen LogP contribution in [0.25, 0.3) is 200 Å². The molecular formula is C120H70N6O2S2. The predicted molar refractivity (Wildman–Crippen MR) is 531 cm³/mol. The third-order valence-corrected chi connectivity index (χ3v) is 29.5. The van der Waals surface area contributed by atoms with E-state index in [4.69, 9.17) is 38.7 Å². The van der Waals surface area contributed by atoms with Gasteiger partial charge in [-0.2, -0.15) is 0 Å². The molecule has 0 N–H and O–H groups in total. The van der Waals surface area contributed by atoms with Gasteiger partial charge in [0.05, 0.1) is 56.0 Å². The Bertz CT molecular complexity index is 8790. The van der Waals surface area contributed by atoms with Gasteiger partial charge < -0.3 is 8.83 Å². The highest BCUT2D eigenvalue weighted by molar-refractivity contribution is 8.00. The maximum absolute atomic E-state index is 6.50. The second kappa shape index (κ2) is 29.2. The topological polar surface area (TPSA) is 104 Å². The number of para-hydroxylation sites is 5. The molecule has 0 amide bonds. The fraction of sp³-hybridized carbons (Fsp3) is 0.0167. The van der Waals surface area contributed by atoms with Gasteiger partial charge in [-0.05, 0) is 127 Å². The molecule has 8 nitrogen and oxygen atoms in total. The smallest absolute Gasteiger partial charge is 0.160 e. The van der Waals surface area contributed by atoms with Crippen LogP contribution in [0.5, 0.6) is 0 Å². The van der Waals surface area contributed by atoms with Gasteiger partial charge in [0, 0.05) is 118 Å². The monoisotopic (exact) mass is 1690 g/mol. The molecule has 8 heterocycles. The second-order valence-corrected chi connectivity index (χ2v) is 36.0. The number of benzene rings is 18. The Kier molecular flexibility index (Phi) is 16.6. The highest BCUT2D eigenvalue weighted by atomic mass is 32.2. The van der Waals surface area contributed by atoms with Crippen LogP contribution >= 0.6 is 23.5 Å². The van der Waals surface area contributed by atoms with Gasteiger partial charge in [0.2, 0.25) is 0 Å². The summed E-state index contributed by atoms with van der Waals surface area (Å²) < 4.78 is 12.8. The normalized spacial score (nSPS) is 13.3. The average Bonchev–Trinajstić information content (AvgIpc) is 1.47. The van der Waals surface area contributed by atoms with E-state index in [0.29, 0.717) is 11.6 Å². The first-order valence-corrected chi connectivity index (χ1v) is 45.7. The summed E-state index contributed by atoms with van der Waals surface area (Å²) in [6.07, 6.45) is 0. The van der Waals surface area contributed by atoms with Crippen molar-refractivity contribution in [1.29, 1.82) is 0 Å². The SMILES string of the molecule is c1ccc(-c2nc(-c3ccc(-c4nc5ccccc5c5c6c(ccc45)C4(c5ccccc5S6)c5ccccc5-c5ccccc54)cc3)cc(-c3cccc4c3oc3ccccc34)n2)cc1.c1ccc(-c2nc(-c3ccc(-c4nc5ccccc5c5c6c(ccc45)C4(c5ccccc5S6)c5ccccc5-c5ccccc54)cc3)cc(-c3cccc4oc5ccccc5c34)n2)cc1. The Balaban J connectivity index is 0.000000134. The molecule has 24 aromatic rings. The highest BCUT2D eigenvalue weighted by Crippen LogP contribution is 2.66. The van der Waals surface area contributed by atoms with E-state index < -0.39 is 10.8 Å². The van der Waals surface area contributed by atoms with Crippen LogP contribution in [0.4, 0.5) is 0 Å². The first-order valence-electron chi connectivity index (χ1n) is 44.0. The largest absolute Gasteiger partial charge is 0.456 e. The minimum atomic E-state index is -0.463. The molecule has 10 heteroatoms. The molecule has 2 spiro atoms. The maximum Gasteiger partial charge on any atom is 0.160 e. The van der Waals surface area contributed by atoms with E-state index in [1.54, 1.807) is 0 Å². The van der Waals surface area contributed by atoms with Crippen molar-refractivity contribution in [2.75, 3.05) is 0 Å². The molecule has 28 rings (SSSR count). The number of fused-ring (bicyclic) bond motifs is 32. The van der Waals surface area contributed by atoms with Gasteiger partial charge in [0.25, 0.3) is 0 Å². The lowest BCUT2D eigenvalue weighted by Gasteiger charge is -2.40. The molecule has 0 bridgehead atoms. The minimum absolute atomic E-state index is 0.462. The van der Waals surface area contributed by atoms with Crippen LogP contribution in [0.2, 0.25) is 0 Å². The van der Waals surface area contributed by atoms with Crippen LogP contribution < -0.4 is 0 Å². The summed E-state index contributed by atoms with van der Waals surface area (Å²) in [5.74, 6) is 1.33. The predicted octanol–water partition coefficient (Wildman–Crippen LogP) is 31.1.